The van der Waals surface area contributed by atoms with E-state index in [0.717, 1.165) is 11.4 Å². The van der Waals surface area contributed by atoms with E-state index in [9.17, 15) is 4.79 Å². The molecular formula is C16H20ClN3O2. The molecule has 1 N–H and O–H groups in total. The zero-order chi connectivity index (χ0) is 16.2. The van der Waals surface area contributed by atoms with Crippen molar-refractivity contribution in [1.29, 1.82) is 0 Å². The Bertz CT molecular complexity index is 630. The summed E-state index contributed by atoms with van der Waals surface area (Å²) in [5.74, 6) is 0. The molecule has 0 fully saturated rings. The smallest absolute Gasteiger partial charge is 0.407 e. The van der Waals surface area contributed by atoms with Crippen molar-refractivity contribution in [3.8, 4) is 5.69 Å². The van der Waals surface area contributed by atoms with E-state index < -0.39 is 11.7 Å². The third kappa shape index (κ3) is 4.77. The van der Waals surface area contributed by atoms with Gasteiger partial charge in [0.1, 0.15) is 5.60 Å². The van der Waals surface area contributed by atoms with Gasteiger partial charge in [0, 0.05) is 35.6 Å². The Morgan fingerprint density at radius 2 is 2.00 bits per heavy atom. The third-order valence-electron chi connectivity index (χ3n) is 2.87. The minimum absolute atomic E-state index is 0.412. The van der Waals surface area contributed by atoms with Gasteiger partial charge in [0.15, 0.2) is 0 Å². The van der Waals surface area contributed by atoms with Crippen molar-refractivity contribution in [1.82, 2.24) is 14.9 Å². The van der Waals surface area contributed by atoms with Crippen LogP contribution in [0.4, 0.5) is 4.79 Å². The van der Waals surface area contributed by atoms with Crippen LogP contribution in [0.15, 0.2) is 36.8 Å². The molecule has 0 atom stereocenters. The molecule has 22 heavy (non-hydrogen) atoms. The zero-order valence-electron chi connectivity index (χ0n) is 13.0. The van der Waals surface area contributed by atoms with E-state index in [-0.39, 0.29) is 0 Å². The minimum atomic E-state index is -0.491. The first-order chi connectivity index (χ1) is 10.3. The van der Waals surface area contributed by atoms with Crippen molar-refractivity contribution < 1.29 is 9.53 Å². The number of carbonyl (C=O) groups excluding carboxylic acids is 1. The number of nitrogens with one attached hydrogen (secondary N) is 1. The van der Waals surface area contributed by atoms with E-state index in [2.05, 4.69) is 10.3 Å². The fourth-order valence-corrected chi connectivity index (χ4v) is 2.07. The molecule has 0 unspecified atom stereocenters. The number of alkyl carbamates (subject to hydrolysis) is 1. The van der Waals surface area contributed by atoms with Crippen LogP contribution in [-0.4, -0.2) is 27.8 Å². The third-order valence-corrected chi connectivity index (χ3v) is 3.12. The quantitative estimate of drug-likeness (QED) is 0.936. The molecule has 0 saturated carbocycles. The predicted octanol–water partition coefficient (Wildman–Crippen LogP) is 3.59. The van der Waals surface area contributed by atoms with E-state index in [0.29, 0.717) is 18.0 Å². The first kappa shape index (κ1) is 16.4. The number of halogens is 1. The second-order valence-electron chi connectivity index (χ2n) is 5.91. The molecule has 0 bridgehead atoms. The summed E-state index contributed by atoms with van der Waals surface area (Å²) in [6, 6.07) is 7.52. The maximum atomic E-state index is 11.6. The summed E-state index contributed by atoms with van der Waals surface area (Å²) in [7, 11) is 0. The van der Waals surface area contributed by atoms with Crippen molar-refractivity contribution >= 4 is 17.7 Å². The average molecular weight is 322 g/mol. The van der Waals surface area contributed by atoms with Gasteiger partial charge in [-0.05, 0) is 45.0 Å². The number of carbonyl (C=O) groups is 1. The molecule has 6 heteroatoms. The van der Waals surface area contributed by atoms with Gasteiger partial charge in [-0.1, -0.05) is 11.6 Å². The molecule has 1 aromatic heterocycles. The van der Waals surface area contributed by atoms with Crippen LogP contribution in [0.2, 0.25) is 5.02 Å². The summed E-state index contributed by atoms with van der Waals surface area (Å²) in [5.41, 5.74) is 1.49. The predicted molar refractivity (Wildman–Crippen MR) is 86.5 cm³/mol. The van der Waals surface area contributed by atoms with Crippen LogP contribution >= 0.6 is 11.6 Å². The Labute approximate surface area is 135 Å². The minimum Gasteiger partial charge on any atom is -0.444 e. The van der Waals surface area contributed by atoms with Crippen LogP contribution in [0.5, 0.6) is 0 Å². The molecule has 0 aliphatic carbocycles. The van der Waals surface area contributed by atoms with Gasteiger partial charge in [0.2, 0.25) is 0 Å². The summed E-state index contributed by atoms with van der Waals surface area (Å²) in [4.78, 5) is 15.8. The van der Waals surface area contributed by atoms with Crippen LogP contribution in [0.3, 0.4) is 0 Å². The normalized spacial score (nSPS) is 11.3. The van der Waals surface area contributed by atoms with Gasteiger partial charge in [-0.3, -0.25) is 0 Å². The molecular weight excluding hydrogens is 302 g/mol. The SMILES string of the molecule is CC(C)(C)OC(=O)NCCc1cncn1-c1ccc(Cl)cc1. The highest BCUT2D eigenvalue weighted by atomic mass is 35.5. The van der Waals surface area contributed by atoms with Gasteiger partial charge >= 0.3 is 6.09 Å². The van der Waals surface area contributed by atoms with Crippen LogP contribution in [0.1, 0.15) is 26.5 Å². The molecule has 1 aromatic carbocycles. The maximum Gasteiger partial charge on any atom is 0.407 e. The lowest BCUT2D eigenvalue weighted by atomic mass is 10.2. The summed E-state index contributed by atoms with van der Waals surface area (Å²) in [6.07, 6.45) is 3.77. The Balaban J connectivity index is 1.93. The summed E-state index contributed by atoms with van der Waals surface area (Å²) < 4.78 is 7.16. The molecule has 118 valence electrons. The molecule has 5 nitrogen and oxygen atoms in total. The van der Waals surface area contributed by atoms with E-state index in [4.69, 9.17) is 16.3 Å². The van der Waals surface area contributed by atoms with E-state index in [1.54, 1.807) is 12.5 Å². The second-order valence-corrected chi connectivity index (χ2v) is 6.35. The standard InChI is InChI=1S/C16H20ClN3O2/c1-16(2,3)22-15(21)19-9-8-14-10-18-11-20(14)13-6-4-12(17)5-7-13/h4-7,10-11H,8-9H2,1-3H3,(H,19,21). The number of hydrogen-bond acceptors (Lipinski definition) is 3. The first-order valence-electron chi connectivity index (χ1n) is 7.09. The lowest BCUT2D eigenvalue weighted by molar-refractivity contribution is 0.0528. The van der Waals surface area contributed by atoms with Crippen LogP contribution < -0.4 is 5.32 Å². The Morgan fingerprint density at radius 3 is 2.64 bits per heavy atom. The van der Waals surface area contributed by atoms with Gasteiger partial charge in [0.05, 0.1) is 6.33 Å². The maximum absolute atomic E-state index is 11.6. The van der Waals surface area contributed by atoms with Gasteiger partial charge in [0.25, 0.3) is 0 Å². The molecule has 0 saturated heterocycles. The molecule has 1 heterocycles. The number of aromatic nitrogens is 2. The Hall–Kier alpha value is -2.01. The molecule has 0 radical (unpaired) electrons. The molecule has 0 aliphatic heterocycles. The van der Waals surface area contributed by atoms with Crippen LogP contribution in [-0.2, 0) is 11.2 Å². The number of hydrogen-bond donors (Lipinski definition) is 1. The summed E-state index contributed by atoms with van der Waals surface area (Å²) >= 11 is 5.90. The number of ether oxygens (including phenoxy) is 1. The fraction of sp³-hybridized carbons (Fsp3) is 0.375. The van der Waals surface area contributed by atoms with Crippen molar-refractivity contribution in [2.75, 3.05) is 6.54 Å². The summed E-state index contributed by atoms with van der Waals surface area (Å²) in [5, 5.41) is 3.43. The second kappa shape index (κ2) is 6.83. The van der Waals surface area contributed by atoms with Crippen molar-refractivity contribution in [2.45, 2.75) is 32.8 Å². The Morgan fingerprint density at radius 1 is 1.32 bits per heavy atom. The highest BCUT2D eigenvalue weighted by Crippen LogP contribution is 2.15. The van der Waals surface area contributed by atoms with Crippen molar-refractivity contribution in [3.63, 3.8) is 0 Å². The highest BCUT2D eigenvalue weighted by Gasteiger charge is 2.15. The van der Waals surface area contributed by atoms with Crippen molar-refractivity contribution in [2.24, 2.45) is 0 Å². The number of rotatable bonds is 4. The zero-order valence-corrected chi connectivity index (χ0v) is 13.7. The monoisotopic (exact) mass is 321 g/mol. The topological polar surface area (TPSA) is 56.1 Å². The van der Waals surface area contributed by atoms with Gasteiger partial charge < -0.3 is 14.6 Å². The molecule has 0 spiro atoms. The molecule has 0 aliphatic rings. The molecule has 2 aromatic rings. The molecule has 2 rings (SSSR count). The van der Waals surface area contributed by atoms with Crippen molar-refractivity contribution in [3.05, 3.63) is 47.5 Å². The van der Waals surface area contributed by atoms with Crippen LogP contribution in [0.25, 0.3) is 5.69 Å². The van der Waals surface area contributed by atoms with E-state index >= 15 is 0 Å². The first-order valence-corrected chi connectivity index (χ1v) is 7.47. The number of amides is 1. The van der Waals surface area contributed by atoms with Gasteiger partial charge in [-0.15, -0.1) is 0 Å². The van der Waals surface area contributed by atoms with E-state index in [1.807, 2.05) is 49.6 Å². The highest BCUT2D eigenvalue weighted by molar-refractivity contribution is 6.30. The lowest BCUT2D eigenvalue weighted by Gasteiger charge is -2.19. The fourth-order valence-electron chi connectivity index (χ4n) is 1.95. The lowest BCUT2D eigenvalue weighted by Crippen LogP contribution is -2.33. The summed E-state index contributed by atoms with van der Waals surface area (Å²) in [6.45, 7) is 5.99. The molecule has 1 amide bonds. The largest absolute Gasteiger partial charge is 0.444 e. The van der Waals surface area contributed by atoms with E-state index in [1.165, 1.54) is 0 Å². The van der Waals surface area contributed by atoms with Crippen LogP contribution in [0, 0.1) is 0 Å². The average Bonchev–Trinajstić information content (AvgIpc) is 2.86. The number of benzene rings is 1. The number of nitrogens with zero attached hydrogens (tertiary/aromatic N) is 2. The Kier molecular flexibility index (Phi) is 5.08. The van der Waals surface area contributed by atoms with Gasteiger partial charge in [-0.25, -0.2) is 9.78 Å². The number of imidazole rings is 1. The van der Waals surface area contributed by atoms with Gasteiger partial charge in [-0.2, -0.15) is 0 Å².